The van der Waals surface area contributed by atoms with E-state index in [0.717, 1.165) is 12.3 Å². The Bertz CT molecular complexity index is 253. The maximum atomic E-state index is 11.9. The van der Waals surface area contributed by atoms with Crippen LogP contribution in [0.15, 0.2) is 0 Å². The van der Waals surface area contributed by atoms with Gasteiger partial charge in [-0.1, -0.05) is 19.3 Å². The first-order chi connectivity index (χ1) is 9.15. The second-order valence-corrected chi connectivity index (χ2v) is 5.71. The van der Waals surface area contributed by atoms with Crippen LogP contribution in [0.5, 0.6) is 0 Å². The number of nitrogens with one attached hydrogen (secondary N) is 2. The van der Waals surface area contributed by atoms with Crippen molar-refractivity contribution in [2.24, 2.45) is 5.92 Å². The van der Waals surface area contributed by atoms with Gasteiger partial charge in [-0.15, -0.1) is 0 Å². The molecule has 4 nitrogen and oxygen atoms in total. The van der Waals surface area contributed by atoms with Gasteiger partial charge in [0, 0.05) is 26.3 Å². The molecule has 2 atom stereocenters. The van der Waals surface area contributed by atoms with E-state index in [4.69, 9.17) is 4.74 Å². The third-order valence-electron chi connectivity index (χ3n) is 4.09. The van der Waals surface area contributed by atoms with Gasteiger partial charge in [0.1, 0.15) is 0 Å². The minimum absolute atomic E-state index is 0.0961. The molecule has 2 N–H and O–H groups in total. The van der Waals surface area contributed by atoms with E-state index in [2.05, 4.69) is 17.6 Å². The first-order valence-electron chi connectivity index (χ1n) is 7.68. The van der Waals surface area contributed by atoms with Crippen LogP contribution in [0.25, 0.3) is 0 Å². The summed E-state index contributed by atoms with van der Waals surface area (Å²) >= 11 is 0. The van der Waals surface area contributed by atoms with E-state index >= 15 is 0 Å². The first-order valence-corrected chi connectivity index (χ1v) is 7.68. The highest BCUT2D eigenvalue weighted by molar-refractivity contribution is 5.81. The van der Waals surface area contributed by atoms with Crippen LogP contribution in [-0.4, -0.2) is 38.3 Å². The third-order valence-corrected chi connectivity index (χ3v) is 4.09. The van der Waals surface area contributed by atoms with Gasteiger partial charge in [-0.05, 0) is 39.0 Å². The summed E-state index contributed by atoms with van der Waals surface area (Å²) in [4.78, 5) is 11.9. The molecule has 1 saturated carbocycles. The number of amides is 1. The van der Waals surface area contributed by atoms with Crippen LogP contribution in [-0.2, 0) is 9.53 Å². The highest BCUT2D eigenvalue weighted by Crippen LogP contribution is 2.26. The molecule has 0 saturated heterocycles. The lowest BCUT2D eigenvalue weighted by atomic mass is 9.84. The average Bonchev–Trinajstić information content (AvgIpc) is 2.44. The van der Waals surface area contributed by atoms with Crippen molar-refractivity contribution >= 4 is 5.91 Å². The topological polar surface area (TPSA) is 50.4 Å². The minimum atomic E-state index is -0.112. The molecule has 1 amide bonds. The van der Waals surface area contributed by atoms with E-state index in [9.17, 15) is 4.79 Å². The van der Waals surface area contributed by atoms with Gasteiger partial charge in [0.2, 0.25) is 5.91 Å². The van der Waals surface area contributed by atoms with Gasteiger partial charge in [0.05, 0.1) is 6.04 Å². The first kappa shape index (κ1) is 16.4. The Kier molecular flexibility index (Phi) is 8.07. The molecule has 1 aliphatic rings. The zero-order valence-corrected chi connectivity index (χ0v) is 12.7. The summed E-state index contributed by atoms with van der Waals surface area (Å²) in [5.41, 5.74) is 0. The second kappa shape index (κ2) is 9.32. The van der Waals surface area contributed by atoms with Gasteiger partial charge in [0.15, 0.2) is 0 Å². The van der Waals surface area contributed by atoms with E-state index < -0.39 is 0 Å². The zero-order chi connectivity index (χ0) is 14.1. The van der Waals surface area contributed by atoms with Gasteiger partial charge in [-0.3, -0.25) is 4.79 Å². The molecule has 0 aromatic carbocycles. The summed E-state index contributed by atoms with van der Waals surface area (Å²) in [6.45, 7) is 5.55. The molecule has 1 unspecified atom stereocenters. The Morgan fingerprint density at radius 3 is 2.58 bits per heavy atom. The van der Waals surface area contributed by atoms with Crippen molar-refractivity contribution in [1.82, 2.24) is 10.6 Å². The molecule has 0 aromatic heterocycles. The molecule has 1 rings (SSSR count). The number of ether oxygens (including phenoxy) is 1. The maximum Gasteiger partial charge on any atom is 0.236 e. The quantitative estimate of drug-likeness (QED) is 0.664. The predicted molar refractivity (Wildman–Crippen MR) is 78.1 cm³/mol. The summed E-state index contributed by atoms with van der Waals surface area (Å²) in [5.74, 6) is 0.830. The maximum absolute atomic E-state index is 11.9. The van der Waals surface area contributed by atoms with Crippen LogP contribution < -0.4 is 10.6 Å². The molecular weight excluding hydrogens is 240 g/mol. The average molecular weight is 270 g/mol. The third kappa shape index (κ3) is 6.39. The lowest BCUT2D eigenvalue weighted by Gasteiger charge is -2.30. The van der Waals surface area contributed by atoms with Gasteiger partial charge >= 0.3 is 0 Å². The fraction of sp³-hybridized carbons (Fsp3) is 0.933. The molecule has 0 aromatic rings. The monoisotopic (exact) mass is 270 g/mol. The predicted octanol–water partition coefficient (Wildman–Crippen LogP) is 2.09. The van der Waals surface area contributed by atoms with Crippen molar-refractivity contribution in [3.05, 3.63) is 0 Å². The van der Waals surface area contributed by atoms with Crippen molar-refractivity contribution in [2.75, 3.05) is 20.3 Å². The van der Waals surface area contributed by atoms with Crippen LogP contribution in [0.2, 0.25) is 0 Å². The normalized spacial score (nSPS) is 19.9. The Hall–Kier alpha value is -0.610. The number of carbonyl (C=O) groups excluding carboxylic acids is 1. The highest BCUT2D eigenvalue weighted by Gasteiger charge is 2.23. The Morgan fingerprint density at radius 1 is 1.26 bits per heavy atom. The highest BCUT2D eigenvalue weighted by atomic mass is 16.5. The summed E-state index contributed by atoms with van der Waals surface area (Å²) in [6.07, 6.45) is 7.53. The molecule has 1 fully saturated rings. The minimum Gasteiger partial charge on any atom is -0.385 e. The van der Waals surface area contributed by atoms with Gasteiger partial charge in [-0.2, -0.15) is 0 Å². The lowest BCUT2D eigenvalue weighted by molar-refractivity contribution is -0.123. The fourth-order valence-corrected chi connectivity index (χ4v) is 2.82. The van der Waals surface area contributed by atoms with Crippen molar-refractivity contribution in [2.45, 2.75) is 64.5 Å². The van der Waals surface area contributed by atoms with Crippen LogP contribution in [0.1, 0.15) is 52.4 Å². The Labute approximate surface area is 117 Å². The van der Waals surface area contributed by atoms with Crippen LogP contribution in [0.4, 0.5) is 0 Å². The van der Waals surface area contributed by atoms with Crippen molar-refractivity contribution in [3.63, 3.8) is 0 Å². The standard InChI is InChI=1S/C15H30N2O2/c1-12(14-8-5-4-6-9-14)17-13(2)15(18)16-10-7-11-19-3/h12-14,17H,4-11H2,1-3H3,(H,16,18)/t12-,13?/m1/s1. The van der Waals surface area contributed by atoms with E-state index in [1.807, 2.05) is 6.92 Å². The van der Waals surface area contributed by atoms with Crippen molar-refractivity contribution < 1.29 is 9.53 Å². The molecule has 0 aliphatic heterocycles. The van der Waals surface area contributed by atoms with E-state index in [1.54, 1.807) is 7.11 Å². The smallest absolute Gasteiger partial charge is 0.236 e. The number of hydrogen-bond donors (Lipinski definition) is 2. The van der Waals surface area contributed by atoms with Gasteiger partial charge in [-0.25, -0.2) is 0 Å². The molecule has 0 heterocycles. The van der Waals surface area contributed by atoms with Crippen LogP contribution in [0.3, 0.4) is 0 Å². The molecule has 19 heavy (non-hydrogen) atoms. The Morgan fingerprint density at radius 2 is 1.95 bits per heavy atom. The largest absolute Gasteiger partial charge is 0.385 e. The van der Waals surface area contributed by atoms with Gasteiger partial charge < -0.3 is 15.4 Å². The molecule has 0 bridgehead atoms. The summed E-state index contributed by atoms with van der Waals surface area (Å²) in [5, 5.41) is 6.39. The van der Waals surface area contributed by atoms with Crippen LogP contribution >= 0.6 is 0 Å². The Balaban J connectivity index is 2.20. The molecular formula is C15H30N2O2. The van der Waals surface area contributed by atoms with E-state index in [0.29, 0.717) is 19.2 Å². The van der Waals surface area contributed by atoms with E-state index in [-0.39, 0.29) is 11.9 Å². The molecule has 112 valence electrons. The number of hydrogen-bond acceptors (Lipinski definition) is 3. The number of rotatable bonds is 8. The van der Waals surface area contributed by atoms with Gasteiger partial charge in [0.25, 0.3) is 0 Å². The number of carbonyl (C=O) groups is 1. The summed E-state index contributed by atoms with van der Waals surface area (Å²) in [6, 6.07) is 0.319. The molecule has 0 radical (unpaired) electrons. The molecule has 0 spiro atoms. The molecule has 1 aliphatic carbocycles. The van der Waals surface area contributed by atoms with Crippen LogP contribution in [0, 0.1) is 5.92 Å². The SMILES string of the molecule is COCCCNC(=O)C(C)N[C@H](C)C1CCCCC1. The summed E-state index contributed by atoms with van der Waals surface area (Å²) < 4.78 is 4.96. The summed E-state index contributed by atoms with van der Waals surface area (Å²) in [7, 11) is 1.68. The van der Waals surface area contributed by atoms with Crippen molar-refractivity contribution in [3.8, 4) is 0 Å². The molecule has 4 heteroatoms. The van der Waals surface area contributed by atoms with Crippen molar-refractivity contribution in [1.29, 1.82) is 0 Å². The number of methoxy groups -OCH3 is 1. The lowest BCUT2D eigenvalue weighted by Crippen LogP contribution is -2.48. The fourth-order valence-electron chi connectivity index (χ4n) is 2.82. The zero-order valence-electron chi connectivity index (χ0n) is 12.7. The second-order valence-electron chi connectivity index (χ2n) is 5.71. The van der Waals surface area contributed by atoms with E-state index in [1.165, 1.54) is 32.1 Å².